The third-order valence-corrected chi connectivity index (χ3v) is 4.27. The van der Waals surface area contributed by atoms with Crippen LogP contribution < -0.4 is 0 Å². The van der Waals surface area contributed by atoms with Crippen LogP contribution in [0.5, 0.6) is 0 Å². The highest BCUT2D eigenvalue weighted by Crippen LogP contribution is 2.22. The molecule has 0 unspecified atom stereocenters. The van der Waals surface area contributed by atoms with Crippen molar-refractivity contribution in [3.8, 4) is 11.3 Å². The Kier molecular flexibility index (Phi) is 4.71. The van der Waals surface area contributed by atoms with Gasteiger partial charge in [0.25, 0.3) is 0 Å². The Morgan fingerprint density at radius 1 is 1.12 bits per heavy atom. The fourth-order valence-electron chi connectivity index (χ4n) is 2.89. The second kappa shape index (κ2) is 6.77. The van der Waals surface area contributed by atoms with E-state index >= 15 is 0 Å². The smallest absolute Gasteiger partial charge is 0.228 e. The molecule has 128 valence electrons. The molecule has 0 radical (unpaired) electrons. The van der Waals surface area contributed by atoms with Crippen molar-refractivity contribution < 1.29 is 9.21 Å². The summed E-state index contributed by atoms with van der Waals surface area (Å²) in [6.07, 6.45) is 1.78. The highest BCUT2D eigenvalue weighted by atomic mass is 16.4. The van der Waals surface area contributed by atoms with Crippen molar-refractivity contribution >= 4 is 5.91 Å². The second-order valence-corrected chi connectivity index (χ2v) is 7.30. The number of carbonyl (C=O) groups is 1. The summed E-state index contributed by atoms with van der Waals surface area (Å²) >= 11 is 0. The van der Waals surface area contributed by atoms with E-state index < -0.39 is 0 Å². The first kappa shape index (κ1) is 16.7. The number of benzene rings is 1. The molecular formula is C19H25N3O2. The van der Waals surface area contributed by atoms with Gasteiger partial charge >= 0.3 is 0 Å². The van der Waals surface area contributed by atoms with Gasteiger partial charge in [0, 0.05) is 37.2 Å². The Labute approximate surface area is 143 Å². The van der Waals surface area contributed by atoms with Gasteiger partial charge in [0.15, 0.2) is 5.76 Å². The van der Waals surface area contributed by atoms with Crippen molar-refractivity contribution in [2.24, 2.45) is 5.41 Å². The first-order chi connectivity index (χ1) is 11.4. The van der Waals surface area contributed by atoms with Gasteiger partial charge in [-0.1, -0.05) is 51.1 Å². The fourth-order valence-corrected chi connectivity index (χ4v) is 2.89. The summed E-state index contributed by atoms with van der Waals surface area (Å²) in [5.74, 6) is 1.75. The molecule has 2 aromatic rings. The Hall–Kier alpha value is -2.14. The third kappa shape index (κ3) is 3.85. The van der Waals surface area contributed by atoms with Crippen LogP contribution in [0.1, 0.15) is 26.7 Å². The van der Waals surface area contributed by atoms with Gasteiger partial charge in [-0.2, -0.15) is 0 Å². The maximum atomic E-state index is 12.3. The third-order valence-electron chi connectivity index (χ3n) is 4.27. The number of aromatic nitrogens is 1. The lowest BCUT2D eigenvalue weighted by Crippen LogP contribution is -2.51. The molecule has 1 fully saturated rings. The highest BCUT2D eigenvalue weighted by molar-refractivity contribution is 5.81. The minimum Gasteiger partial charge on any atom is -0.439 e. The summed E-state index contributed by atoms with van der Waals surface area (Å²) in [7, 11) is 0. The standard InChI is InChI=1S/C19H25N3O2/c1-19(2,3)18(23)22-11-9-21(10-12-22)14-17-20-13-16(24-17)15-7-5-4-6-8-15/h4-8,13H,9-12,14H2,1-3H3. The molecule has 5 heteroatoms. The summed E-state index contributed by atoms with van der Waals surface area (Å²) in [6, 6.07) is 9.99. The largest absolute Gasteiger partial charge is 0.439 e. The quantitative estimate of drug-likeness (QED) is 0.869. The molecular weight excluding hydrogens is 302 g/mol. The van der Waals surface area contributed by atoms with Crippen LogP contribution in [-0.4, -0.2) is 46.9 Å². The van der Waals surface area contributed by atoms with Gasteiger partial charge in [0.1, 0.15) is 0 Å². The molecule has 24 heavy (non-hydrogen) atoms. The first-order valence-electron chi connectivity index (χ1n) is 8.45. The van der Waals surface area contributed by atoms with E-state index in [2.05, 4.69) is 9.88 Å². The van der Waals surface area contributed by atoms with Crippen LogP contribution >= 0.6 is 0 Å². The molecule has 0 atom stereocenters. The molecule has 1 aliphatic heterocycles. The Bertz CT molecular complexity index is 680. The van der Waals surface area contributed by atoms with Crippen LogP contribution in [-0.2, 0) is 11.3 Å². The van der Waals surface area contributed by atoms with Crippen molar-refractivity contribution in [2.45, 2.75) is 27.3 Å². The molecule has 0 bridgehead atoms. The number of oxazole rings is 1. The van der Waals surface area contributed by atoms with Gasteiger partial charge in [-0.3, -0.25) is 9.69 Å². The molecule has 5 nitrogen and oxygen atoms in total. The predicted molar refractivity (Wildman–Crippen MR) is 93.3 cm³/mol. The normalized spacial score (nSPS) is 16.4. The SMILES string of the molecule is CC(C)(C)C(=O)N1CCN(Cc2ncc(-c3ccccc3)o2)CC1. The minimum atomic E-state index is -0.310. The average Bonchev–Trinajstić information content (AvgIpc) is 3.03. The van der Waals surface area contributed by atoms with Gasteiger partial charge < -0.3 is 9.32 Å². The van der Waals surface area contributed by atoms with E-state index in [1.54, 1.807) is 6.20 Å². The van der Waals surface area contributed by atoms with E-state index in [1.165, 1.54) is 0 Å². The Balaban J connectivity index is 1.56. The summed E-state index contributed by atoms with van der Waals surface area (Å²) in [6.45, 7) is 9.84. The van der Waals surface area contributed by atoms with Crippen LogP contribution in [0.15, 0.2) is 40.9 Å². The van der Waals surface area contributed by atoms with Crippen molar-refractivity contribution in [2.75, 3.05) is 26.2 Å². The minimum absolute atomic E-state index is 0.227. The van der Waals surface area contributed by atoms with Gasteiger partial charge in [0.05, 0.1) is 12.7 Å². The maximum absolute atomic E-state index is 12.3. The molecule has 0 spiro atoms. The van der Waals surface area contributed by atoms with Gasteiger partial charge in [-0.25, -0.2) is 4.98 Å². The van der Waals surface area contributed by atoms with E-state index in [0.717, 1.165) is 43.4 Å². The fraction of sp³-hybridized carbons (Fsp3) is 0.474. The number of hydrogen-bond acceptors (Lipinski definition) is 4. The zero-order chi connectivity index (χ0) is 17.2. The molecule has 0 N–H and O–H groups in total. The van der Waals surface area contributed by atoms with E-state index in [-0.39, 0.29) is 11.3 Å². The summed E-state index contributed by atoms with van der Waals surface area (Å²) < 4.78 is 5.87. The van der Waals surface area contributed by atoms with Crippen LogP contribution in [0.2, 0.25) is 0 Å². The van der Waals surface area contributed by atoms with Gasteiger partial charge in [-0.05, 0) is 0 Å². The molecule has 1 aromatic carbocycles. The molecule has 1 saturated heterocycles. The van der Waals surface area contributed by atoms with Crippen molar-refractivity contribution in [3.63, 3.8) is 0 Å². The van der Waals surface area contributed by atoms with Gasteiger partial charge in [0.2, 0.25) is 11.8 Å². The number of hydrogen-bond donors (Lipinski definition) is 0. The molecule has 0 saturated carbocycles. The van der Waals surface area contributed by atoms with Gasteiger partial charge in [-0.15, -0.1) is 0 Å². The lowest BCUT2D eigenvalue weighted by atomic mass is 9.94. The van der Waals surface area contributed by atoms with Crippen molar-refractivity contribution in [3.05, 3.63) is 42.4 Å². The molecule has 1 amide bonds. The topological polar surface area (TPSA) is 49.6 Å². The highest BCUT2D eigenvalue weighted by Gasteiger charge is 2.29. The van der Waals surface area contributed by atoms with E-state index in [0.29, 0.717) is 6.54 Å². The number of piperazine rings is 1. The van der Waals surface area contributed by atoms with Crippen LogP contribution in [0, 0.1) is 5.41 Å². The molecule has 1 aromatic heterocycles. The zero-order valence-corrected chi connectivity index (χ0v) is 14.7. The van der Waals surface area contributed by atoms with Crippen molar-refractivity contribution in [1.82, 2.24) is 14.8 Å². The summed E-state index contributed by atoms with van der Waals surface area (Å²) in [5.41, 5.74) is 0.729. The molecule has 3 rings (SSSR count). The zero-order valence-electron chi connectivity index (χ0n) is 14.7. The van der Waals surface area contributed by atoms with E-state index in [9.17, 15) is 4.79 Å². The summed E-state index contributed by atoms with van der Waals surface area (Å²) in [5, 5.41) is 0. The van der Waals surface area contributed by atoms with E-state index in [4.69, 9.17) is 4.42 Å². The number of nitrogens with zero attached hydrogens (tertiary/aromatic N) is 3. The average molecular weight is 327 g/mol. The first-order valence-corrected chi connectivity index (χ1v) is 8.45. The summed E-state index contributed by atoms with van der Waals surface area (Å²) in [4.78, 5) is 21.0. The number of amides is 1. The van der Waals surface area contributed by atoms with Crippen LogP contribution in [0.3, 0.4) is 0 Å². The van der Waals surface area contributed by atoms with Crippen LogP contribution in [0.25, 0.3) is 11.3 Å². The second-order valence-electron chi connectivity index (χ2n) is 7.30. The Morgan fingerprint density at radius 3 is 2.42 bits per heavy atom. The van der Waals surface area contributed by atoms with E-state index in [1.807, 2.05) is 56.0 Å². The molecule has 1 aliphatic rings. The monoisotopic (exact) mass is 327 g/mol. The Morgan fingerprint density at radius 2 is 1.79 bits per heavy atom. The molecule has 2 heterocycles. The van der Waals surface area contributed by atoms with Crippen molar-refractivity contribution in [1.29, 1.82) is 0 Å². The molecule has 0 aliphatic carbocycles. The predicted octanol–water partition coefficient (Wildman–Crippen LogP) is 3.03. The lowest BCUT2D eigenvalue weighted by molar-refractivity contribution is -0.141. The van der Waals surface area contributed by atoms with Crippen LogP contribution in [0.4, 0.5) is 0 Å². The lowest BCUT2D eigenvalue weighted by Gasteiger charge is -2.37. The maximum Gasteiger partial charge on any atom is 0.228 e. The number of rotatable bonds is 3. The number of carbonyl (C=O) groups excluding carboxylic acids is 1.